The van der Waals surface area contributed by atoms with E-state index in [1.54, 1.807) is 13.4 Å². The molecule has 6 nitrogen and oxygen atoms in total. The average molecular weight is 356 g/mol. The molecule has 7 heteroatoms. The van der Waals surface area contributed by atoms with Crippen molar-refractivity contribution in [2.45, 2.75) is 19.0 Å². The predicted molar refractivity (Wildman–Crippen MR) is 97.9 cm³/mol. The van der Waals surface area contributed by atoms with Crippen LogP contribution in [0.3, 0.4) is 0 Å². The summed E-state index contributed by atoms with van der Waals surface area (Å²) in [5.74, 6) is 1.20. The van der Waals surface area contributed by atoms with Gasteiger partial charge in [0, 0.05) is 29.7 Å². The van der Waals surface area contributed by atoms with E-state index in [2.05, 4.69) is 10.2 Å². The lowest BCUT2D eigenvalue weighted by molar-refractivity contribution is 0.102. The first kappa shape index (κ1) is 17.3. The van der Waals surface area contributed by atoms with Gasteiger partial charge >= 0.3 is 0 Å². The Balaban J connectivity index is 1.75. The van der Waals surface area contributed by atoms with Crippen molar-refractivity contribution in [3.63, 3.8) is 0 Å². The summed E-state index contributed by atoms with van der Waals surface area (Å²) in [5.41, 5.74) is 3.75. The first-order valence-corrected chi connectivity index (χ1v) is 8.83. The van der Waals surface area contributed by atoms with Crippen molar-refractivity contribution in [3.05, 3.63) is 53.6 Å². The number of ketones is 1. The lowest BCUT2D eigenvalue weighted by Crippen LogP contribution is -2.06. The zero-order valence-electron chi connectivity index (χ0n) is 14.7. The zero-order valence-corrected chi connectivity index (χ0v) is 15.5. The fraction of sp³-hybridized carbons (Fsp3) is 0.278. The third-order valence-corrected chi connectivity index (χ3v) is 5.22. The Labute approximate surface area is 150 Å². The second-order valence-corrected chi connectivity index (χ2v) is 6.68. The molecule has 0 radical (unpaired) electrons. The molecule has 2 aromatic heterocycles. The Morgan fingerprint density at radius 3 is 2.56 bits per heavy atom. The van der Waals surface area contributed by atoms with E-state index in [1.807, 2.05) is 60.4 Å². The van der Waals surface area contributed by atoms with Crippen LogP contribution >= 0.6 is 11.8 Å². The summed E-state index contributed by atoms with van der Waals surface area (Å²) >= 11 is 1.38. The third-order valence-electron chi connectivity index (χ3n) is 4.28. The Bertz CT molecular complexity index is 896. The second kappa shape index (κ2) is 7.14. The van der Waals surface area contributed by atoms with Gasteiger partial charge in [-0.3, -0.25) is 9.36 Å². The molecule has 3 rings (SSSR count). The molecule has 0 aliphatic heterocycles. The van der Waals surface area contributed by atoms with Crippen molar-refractivity contribution in [2.75, 3.05) is 12.9 Å². The fourth-order valence-electron chi connectivity index (χ4n) is 2.59. The fourth-order valence-corrected chi connectivity index (χ4v) is 3.40. The lowest BCUT2D eigenvalue weighted by Gasteiger charge is -2.07. The van der Waals surface area contributed by atoms with Gasteiger partial charge in [-0.2, -0.15) is 0 Å². The molecule has 0 fully saturated rings. The first-order valence-electron chi connectivity index (χ1n) is 7.84. The molecule has 3 aromatic rings. The van der Waals surface area contributed by atoms with E-state index in [9.17, 15) is 4.79 Å². The van der Waals surface area contributed by atoms with Gasteiger partial charge in [0.2, 0.25) is 0 Å². The van der Waals surface area contributed by atoms with Gasteiger partial charge in [0.25, 0.3) is 0 Å². The molecule has 0 atom stereocenters. The van der Waals surface area contributed by atoms with Crippen molar-refractivity contribution in [2.24, 2.45) is 7.05 Å². The van der Waals surface area contributed by atoms with Crippen LogP contribution in [0.1, 0.15) is 21.7 Å². The van der Waals surface area contributed by atoms with Crippen LogP contribution in [-0.2, 0) is 7.05 Å². The minimum absolute atomic E-state index is 0.0930. The number of nitrogens with zero attached hydrogens (tertiary/aromatic N) is 4. The quantitative estimate of drug-likeness (QED) is 0.501. The Hall–Kier alpha value is -2.54. The molecule has 0 saturated carbocycles. The van der Waals surface area contributed by atoms with Crippen LogP contribution in [0.2, 0.25) is 0 Å². The number of aryl methyl sites for hydroxylation is 1. The van der Waals surface area contributed by atoms with Gasteiger partial charge in [0.1, 0.15) is 12.1 Å². The molecule has 130 valence electrons. The summed E-state index contributed by atoms with van der Waals surface area (Å²) in [5, 5.41) is 8.79. The molecule has 0 unspecified atom stereocenters. The van der Waals surface area contributed by atoms with Crippen molar-refractivity contribution >= 4 is 17.5 Å². The molecular weight excluding hydrogens is 336 g/mol. The maximum atomic E-state index is 12.5. The summed E-state index contributed by atoms with van der Waals surface area (Å²) in [6.07, 6.45) is 1.65. The van der Waals surface area contributed by atoms with E-state index < -0.39 is 0 Å². The summed E-state index contributed by atoms with van der Waals surface area (Å²) in [6, 6.07) is 9.56. The van der Waals surface area contributed by atoms with Crippen LogP contribution in [0, 0.1) is 13.8 Å². The number of hydrogen-bond acceptors (Lipinski definition) is 5. The monoisotopic (exact) mass is 356 g/mol. The van der Waals surface area contributed by atoms with Crippen LogP contribution < -0.4 is 4.74 Å². The van der Waals surface area contributed by atoms with Gasteiger partial charge < -0.3 is 9.30 Å². The summed E-state index contributed by atoms with van der Waals surface area (Å²) in [6.45, 7) is 3.96. The number of aromatic nitrogens is 4. The average Bonchev–Trinajstić information content (AvgIpc) is 3.20. The lowest BCUT2D eigenvalue weighted by atomic mass is 10.2. The van der Waals surface area contributed by atoms with Crippen LogP contribution in [0.4, 0.5) is 0 Å². The van der Waals surface area contributed by atoms with Gasteiger partial charge in [-0.05, 0) is 44.2 Å². The number of methoxy groups -OCH3 is 1. The van der Waals surface area contributed by atoms with Crippen LogP contribution in [0.5, 0.6) is 5.75 Å². The normalized spacial score (nSPS) is 10.9. The predicted octanol–water partition coefficient (Wildman–Crippen LogP) is 3.21. The molecule has 0 saturated heterocycles. The molecule has 0 spiro atoms. The van der Waals surface area contributed by atoms with E-state index >= 15 is 0 Å². The molecule has 25 heavy (non-hydrogen) atoms. The zero-order chi connectivity index (χ0) is 18.0. The number of rotatable bonds is 6. The van der Waals surface area contributed by atoms with E-state index in [0.29, 0.717) is 10.9 Å². The summed E-state index contributed by atoms with van der Waals surface area (Å²) < 4.78 is 9.06. The first-order chi connectivity index (χ1) is 12.0. The van der Waals surface area contributed by atoms with E-state index in [-0.39, 0.29) is 5.78 Å². The van der Waals surface area contributed by atoms with Gasteiger partial charge in [-0.1, -0.05) is 11.8 Å². The third kappa shape index (κ3) is 3.46. The molecule has 0 bridgehead atoms. The molecule has 0 aliphatic rings. The highest BCUT2D eigenvalue weighted by Crippen LogP contribution is 2.23. The number of hydrogen-bond donors (Lipinski definition) is 0. The highest BCUT2D eigenvalue weighted by Gasteiger charge is 2.16. The van der Waals surface area contributed by atoms with Gasteiger partial charge in [-0.15, -0.1) is 10.2 Å². The Morgan fingerprint density at radius 2 is 1.96 bits per heavy atom. The number of benzene rings is 1. The molecule has 0 N–H and O–H groups in total. The van der Waals surface area contributed by atoms with E-state index in [1.165, 1.54) is 11.8 Å². The maximum Gasteiger partial charge on any atom is 0.196 e. The molecule has 2 heterocycles. The van der Waals surface area contributed by atoms with E-state index in [0.717, 1.165) is 28.4 Å². The summed E-state index contributed by atoms with van der Waals surface area (Å²) in [4.78, 5) is 12.5. The maximum absolute atomic E-state index is 12.5. The number of Topliss-reactive ketones (excluding diaryl/α,β-unsaturated/α-hetero) is 1. The Morgan fingerprint density at radius 1 is 1.24 bits per heavy atom. The molecular formula is C18H20N4O2S. The van der Waals surface area contributed by atoms with Gasteiger partial charge in [-0.25, -0.2) is 0 Å². The number of carbonyl (C=O) groups is 1. The highest BCUT2D eigenvalue weighted by atomic mass is 32.2. The standard InChI is InChI=1S/C18H20N4O2S/c1-12-9-16(13(2)21(12)3)17(23)10-25-18-20-19-11-22(18)14-5-7-15(24-4)8-6-14/h5-9,11H,10H2,1-4H3. The smallest absolute Gasteiger partial charge is 0.196 e. The topological polar surface area (TPSA) is 61.9 Å². The highest BCUT2D eigenvalue weighted by molar-refractivity contribution is 7.99. The molecule has 0 amide bonds. The van der Waals surface area contributed by atoms with E-state index in [4.69, 9.17) is 4.74 Å². The van der Waals surface area contributed by atoms with Crippen molar-refractivity contribution in [3.8, 4) is 11.4 Å². The minimum atomic E-state index is 0.0930. The second-order valence-electron chi connectivity index (χ2n) is 5.74. The van der Waals surface area contributed by atoms with Gasteiger partial charge in [0.05, 0.1) is 12.9 Å². The van der Waals surface area contributed by atoms with Crippen molar-refractivity contribution in [1.82, 2.24) is 19.3 Å². The number of thioether (sulfide) groups is 1. The number of ether oxygens (including phenoxy) is 1. The van der Waals surface area contributed by atoms with Crippen LogP contribution in [0.15, 0.2) is 41.8 Å². The Kier molecular flexibility index (Phi) is 4.94. The summed E-state index contributed by atoms with van der Waals surface area (Å²) in [7, 11) is 3.60. The van der Waals surface area contributed by atoms with Crippen molar-refractivity contribution in [1.29, 1.82) is 0 Å². The largest absolute Gasteiger partial charge is 0.497 e. The minimum Gasteiger partial charge on any atom is -0.497 e. The van der Waals surface area contributed by atoms with Crippen LogP contribution in [-0.4, -0.2) is 38.0 Å². The molecule has 0 aliphatic carbocycles. The molecule has 1 aromatic carbocycles. The SMILES string of the molecule is COc1ccc(-n2cnnc2SCC(=O)c2cc(C)n(C)c2C)cc1. The van der Waals surface area contributed by atoms with Crippen LogP contribution in [0.25, 0.3) is 5.69 Å². The van der Waals surface area contributed by atoms with Crippen molar-refractivity contribution < 1.29 is 9.53 Å². The number of carbonyl (C=O) groups excluding carboxylic acids is 1. The van der Waals surface area contributed by atoms with Gasteiger partial charge in [0.15, 0.2) is 10.9 Å².